The van der Waals surface area contributed by atoms with Crippen LogP contribution in [-0.4, -0.2) is 32.8 Å². The molecule has 0 amide bonds. The van der Waals surface area contributed by atoms with Gasteiger partial charge in [0.2, 0.25) is 0 Å². The molecular weight excluding hydrogens is 292 g/mol. The van der Waals surface area contributed by atoms with Gasteiger partial charge in [0.15, 0.2) is 0 Å². The van der Waals surface area contributed by atoms with Crippen molar-refractivity contribution in [2.24, 2.45) is 5.92 Å². The standard InChI is InChI=1S/C13H21BrN4/c1-10(2)7-18-9-15-16-13(18)12-5-4-6-17(12)8-11(3)14/h9-10,12H,3-8H2,1-2H3/t12-/m0/s1. The van der Waals surface area contributed by atoms with Gasteiger partial charge in [0, 0.05) is 17.6 Å². The smallest absolute Gasteiger partial charge is 0.150 e. The third-order valence-corrected chi connectivity index (χ3v) is 3.49. The average molecular weight is 313 g/mol. The minimum absolute atomic E-state index is 0.389. The van der Waals surface area contributed by atoms with Crippen molar-refractivity contribution in [2.75, 3.05) is 13.1 Å². The lowest BCUT2D eigenvalue weighted by Crippen LogP contribution is -2.27. The quantitative estimate of drug-likeness (QED) is 0.838. The predicted molar refractivity (Wildman–Crippen MR) is 76.5 cm³/mol. The van der Waals surface area contributed by atoms with Gasteiger partial charge in [-0.05, 0) is 25.3 Å². The number of hydrogen-bond acceptors (Lipinski definition) is 3. The Morgan fingerprint density at radius 2 is 2.39 bits per heavy atom. The summed E-state index contributed by atoms with van der Waals surface area (Å²) in [5.41, 5.74) is 0. The topological polar surface area (TPSA) is 34.0 Å². The molecule has 1 aliphatic heterocycles. The van der Waals surface area contributed by atoms with E-state index in [1.54, 1.807) is 0 Å². The van der Waals surface area contributed by atoms with Gasteiger partial charge in [-0.1, -0.05) is 36.4 Å². The van der Waals surface area contributed by atoms with Crippen LogP contribution in [0.4, 0.5) is 0 Å². The Balaban J connectivity index is 2.14. The van der Waals surface area contributed by atoms with E-state index in [0.29, 0.717) is 12.0 Å². The second kappa shape index (κ2) is 5.97. The molecular formula is C13H21BrN4. The lowest BCUT2D eigenvalue weighted by molar-refractivity contribution is 0.265. The Morgan fingerprint density at radius 1 is 1.61 bits per heavy atom. The first-order valence-corrected chi connectivity index (χ1v) is 7.32. The molecule has 18 heavy (non-hydrogen) atoms. The summed E-state index contributed by atoms with van der Waals surface area (Å²) in [5.74, 6) is 1.72. The zero-order valence-corrected chi connectivity index (χ0v) is 12.7. The van der Waals surface area contributed by atoms with Crippen LogP contribution >= 0.6 is 15.9 Å². The number of hydrogen-bond donors (Lipinski definition) is 0. The average Bonchev–Trinajstić information content (AvgIpc) is 2.85. The Bertz CT molecular complexity index is 413. The molecule has 0 aromatic carbocycles. The number of nitrogens with zero attached hydrogens (tertiary/aromatic N) is 4. The Morgan fingerprint density at radius 3 is 3.06 bits per heavy atom. The van der Waals surface area contributed by atoms with Crippen molar-refractivity contribution in [1.82, 2.24) is 19.7 Å². The first kappa shape index (κ1) is 13.7. The normalized spacial score (nSPS) is 20.8. The van der Waals surface area contributed by atoms with Gasteiger partial charge in [-0.15, -0.1) is 10.2 Å². The van der Waals surface area contributed by atoms with Crippen molar-refractivity contribution >= 4 is 15.9 Å². The van der Waals surface area contributed by atoms with E-state index in [-0.39, 0.29) is 0 Å². The molecule has 1 aromatic heterocycles. The van der Waals surface area contributed by atoms with Crippen molar-refractivity contribution in [1.29, 1.82) is 0 Å². The predicted octanol–water partition coefficient (Wildman–Crippen LogP) is 2.98. The first-order valence-electron chi connectivity index (χ1n) is 6.53. The lowest BCUT2D eigenvalue weighted by Gasteiger charge is -2.24. The molecule has 1 aromatic rings. The summed E-state index contributed by atoms with van der Waals surface area (Å²) in [4.78, 5) is 2.43. The van der Waals surface area contributed by atoms with Crippen molar-refractivity contribution in [3.8, 4) is 0 Å². The van der Waals surface area contributed by atoms with Crippen molar-refractivity contribution in [2.45, 2.75) is 39.3 Å². The molecule has 0 unspecified atom stereocenters. The molecule has 4 nitrogen and oxygen atoms in total. The van der Waals surface area contributed by atoms with Crippen LogP contribution in [0.3, 0.4) is 0 Å². The van der Waals surface area contributed by atoms with Crippen LogP contribution in [0.2, 0.25) is 0 Å². The molecule has 0 radical (unpaired) electrons. The van der Waals surface area contributed by atoms with Crippen LogP contribution in [0.25, 0.3) is 0 Å². The van der Waals surface area contributed by atoms with E-state index in [0.717, 1.165) is 36.4 Å². The molecule has 0 spiro atoms. The second-order valence-corrected chi connectivity index (χ2v) is 6.50. The van der Waals surface area contributed by atoms with Crippen LogP contribution in [-0.2, 0) is 6.54 Å². The van der Waals surface area contributed by atoms with E-state index < -0.39 is 0 Å². The van der Waals surface area contributed by atoms with Gasteiger partial charge in [-0.25, -0.2) is 0 Å². The van der Waals surface area contributed by atoms with Crippen LogP contribution in [0, 0.1) is 5.92 Å². The zero-order chi connectivity index (χ0) is 13.1. The number of aromatic nitrogens is 3. The number of likely N-dealkylation sites (tertiary alicyclic amines) is 1. The fourth-order valence-electron chi connectivity index (χ4n) is 2.58. The van der Waals surface area contributed by atoms with Crippen molar-refractivity contribution < 1.29 is 0 Å². The maximum atomic E-state index is 4.34. The van der Waals surface area contributed by atoms with Crippen molar-refractivity contribution in [3.63, 3.8) is 0 Å². The fourth-order valence-corrected chi connectivity index (χ4v) is 2.91. The molecule has 2 rings (SSSR count). The summed E-state index contributed by atoms with van der Waals surface area (Å²) in [6.07, 6.45) is 4.24. The molecule has 2 heterocycles. The Hall–Kier alpha value is -0.680. The summed E-state index contributed by atoms with van der Waals surface area (Å²) in [6, 6.07) is 0.389. The van der Waals surface area contributed by atoms with E-state index in [2.05, 4.69) is 56.0 Å². The van der Waals surface area contributed by atoms with E-state index in [4.69, 9.17) is 0 Å². The Labute approximate surface area is 117 Å². The van der Waals surface area contributed by atoms with Gasteiger partial charge in [0.1, 0.15) is 12.2 Å². The monoisotopic (exact) mass is 312 g/mol. The van der Waals surface area contributed by atoms with Crippen molar-refractivity contribution in [3.05, 3.63) is 23.2 Å². The summed E-state index contributed by atoms with van der Waals surface area (Å²) in [7, 11) is 0. The van der Waals surface area contributed by atoms with Gasteiger partial charge in [-0.3, -0.25) is 4.90 Å². The third-order valence-electron chi connectivity index (χ3n) is 3.24. The lowest BCUT2D eigenvalue weighted by atomic mass is 10.2. The summed E-state index contributed by atoms with van der Waals surface area (Å²) >= 11 is 3.46. The van der Waals surface area contributed by atoms with E-state index >= 15 is 0 Å². The minimum Gasteiger partial charge on any atom is -0.316 e. The molecule has 1 aliphatic rings. The van der Waals surface area contributed by atoms with Gasteiger partial charge in [0.05, 0.1) is 6.04 Å². The van der Waals surface area contributed by atoms with Crippen LogP contribution in [0.15, 0.2) is 17.4 Å². The maximum Gasteiger partial charge on any atom is 0.150 e. The maximum absolute atomic E-state index is 4.34. The van der Waals surface area contributed by atoms with Gasteiger partial charge >= 0.3 is 0 Å². The van der Waals surface area contributed by atoms with Crippen LogP contribution < -0.4 is 0 Å². The van der Waals surface area contributed by atoms with Gasteiger partial charge in [0.25, 0.3) is 0 Å². The highest BCUT2D eigenvalue weighted by Crippen LogP contribution is 2.31. The molecule has 1 saturated heterocycles. The molecule has 5 heteroatoms. The highest BCUT2D eigenvalue weighted by Gasteiger charge is 2.29. The molecule has 0 N–H and O–H groups in total. The van der Waals surface area contributed by atoms with Crippen LogP contribution in [0.5, 0.6) is 0 Å². The minimum atomic E-state index is 0.389. The molecule has 1 fully saturated rings. The molecule has 0 saturated carbocycles. The highest BCUT2D eigenvalue weighted by atomic mass is 79.9. The fraction of sp³-hybridized carbons (Fsp3) is 0.692. The third kappa shape index (κ3) is 3.20. The first-order chi connectivity index (χ1) is 8.58. The molecule has 0 bridgehead atoms. The largest absolute Gasteiger partial charge is 0.316 e. The zero-order valence-electron chi connectivity index (χ0n) is 11.1. The number of rotatable bonds is 5. The van der Waals surface area contributed by atoms with Gasteiger partial charge in [-0.2, -0.15) is 0 Å². The van der Waals surface area contributed by atoms with Gasteiger partial charge < -0.3 is 4.57 Å². The van der Waals surface area contributed by atoms with E-state index in [9.17, 15) is 0 Å². The molecule has 100 valence electrons. The van der Waals surface area contributed by atoms with Crippen LogP contribution in [0.1, 0.15) is 38.6 Å². The number of halogens is 1. The highest BCUT2D eigenvalue weighted by molar-refractivity contribution is 9.11. The molecule has 0 aliphatic carbocycles. The second-order valence-electron chi connectivity index (χ2n) is 5.38. The van der Waals surface area contributed by atoms with E-state index in [1.165, 1.54) is 6.42 Å². The van der Waals surface area contributed by atoms with E-state index in [1.807, 2.05) is 6.33 Å². The Kier molecular flexibility index (Phi) is 4.56. The molecule has 1 atom stereocenters. The summed E-state index contributed by atoms with van der Waals surface area (Å²) in [5, 5.41) is 8.42. The summed E-state index contributed by atoms with van der Waals surface area (Å²) in [6.45, 7) is 11.4. The summed E-state index contributed by atoms with van der Waals surface area (Å²) < 4.78 is 3.23. The SMILES string of the molecule is C=C(Br)CN1CCC[C@H]1c1nncn1CC(C)C.